The second-order valence-corrected chi connectivity index (χ2v) is 7.73. The van der Waals surface area contributed by atoms with Gasteiger partial charge in [0.1, 0.15) is 0 Å². The summed E-state index contributed by atoms with van der Waals surface area (Å²) in [7, 11) is -3.87. The first-order chi connectivity index (χ1) is 10.6. The van der Waals surface area contributed by atoms with Crippen molar-refractivity contribution in [1.29, 1.82) is 0 Å². The standard InChI is InChI=1S/C14H22N4O4S/c1-8(2)17(9(3)4)23(21,22)18-12-6-5-10(13(19)20)7-11(12)16-14(18)15/h6-9,14H,5,15H2,1-4H3,(H,19,20). The zero-order chi connectivity index (χ0) is 17.5. The summed E-state index contributed by atoms with van der Waals surface area (Å²) < 4.78 is 28.5. The van der Waals surface area contributed by atoms with Gasteiger partial charge in [-0.2, -0.15) is 12.7 Å². The number of hydrogen-bond donors (Lipinski definition) is 2. The van der Waals surface area contributed by atoms with Gasteiger partial charge in [-0.1, -0.05) is 6.08 Å². The molecule has 1 aliphatic heterocycles. The molecule has 0 amide bonds. The van der Waals surface area contributed by atoms with Crippen LogP contribution in [0.5, 0.6) is 0 Å². The van der Waals surface area contributed by atoms with Gasteiger partial charge in [0.15, 0.2) is 6.29 Å². The number of aliphatic imine (C=N–C) groups is 1. The molecular formula is C14H22N4O4S. The normalized spacial score (nSPS) is 21.5. The fourth-order valence-electron chi connectivity index (χ4n) is 2.89. The van der Waals surface area contributed by atoms with Gasteiger partial charge in [0, 0.05) is 17.7 Å². The minimum absolute atomic E-state index is 0.131. The third-order valence-corrected chi connectivity index (χ3v) is 5.93. The quantitative estimate of drug-likeness (QED) is 0.761. The number of rotatable bonds is 5. The monoisotopic (exact) mass is 342 g/mol. The summed E-state index contributed by atoms with van der Waals surface area (Å²) in [4.78, 5) is 15.2. The molecule has 2 aliphatic rings. The number of fused-ring (bicyclic) bond motifs is 1. The van der Waals surface area contributed by atoms with Crippen molar-refractivity contribution >= 4 is 21.9 Å². The maximum atomic E-state index is 13.0. The van der Waals surface area contributed by atoms with Crippen LogP contribution < -0.4 is 5.73 Å². The summed E-state index contributed by atoms with van der Waals surface area (Å²) in [5, 5.41) is 9.06. The zero-order valence-corrected chi connectivity index (χ0v) is 14.4. The summed E-state index contributed by atoms with van der Waals surface area (Å²) in [6, 6.07) is -0.490. The number of allylic oxidation sites excluding steroid dienone is 2. The predicted octanol–water partition coefficient (Wildman–Crippen LogP) is 0.648. The zero-order valence-electron chi connectivity index (χ0n) is 13.6. The van der Waals surface area contributed by atoms with E-state index in [1.165, 1.54) is 10.4 Å². The smallest absolute Gasteiger partial charge is 0.331 e. The van der Waals surface area contributed by atoms with Crippen molar-refractivity contribution in [1.82, 2.24) is 8.61 Å². The van der Waals surface area contributed by atoms with Gasteiger partial charge in [-0.3, -0.25) is 5.73 Å². The van der Waals surface area contributed by atoms with E-state index in [0.717, 1.165) is 4.31 Å². The molecular weight excluding hydrogens is 320 g/mol. The molecule has 0 bridgehead atoms. The molecule has 0 aromatic rings. The lowest BCUT2D eigenvalue weighted by Gasteiger charge is -2.35. The van der Waals surface area contributed by atoms with Gasteiger partial charge in [-0.15, -0.1) is 0 Å². The van der Waals surface area contributed by atoms with Crippen LogP contribution in [0.3, 0.4) is 0 Å². The van der Waals surface area contributed by atoms with Crippen LogP contribution in [0, 0.1) is 0 Å². The molecule has 9 heteroatoms. The molecule has 0 aromatic carbocycles. The first-order valence-electron chi connectivity index (χ1n) is 7.38. The molecule has 0 spiro atoms. The molecule has 0 aromatic heterocycles. The lowest BCUT2D eigenvalue weighted by Crippen LogP contribution is -2.53. The highest BCUT2D eigenvalue weighted by Crippen LogP contribution is 2.31. The van der Waals surface area contributed by atoms with Crippen molar-refractivity contribution in [2.24, 2.45) is 10.7 Å². The molecule has 8 nitrogen and oxygen atoms in total. The van der Waals surface area contributed by atoms with E-state index in [0.29, 0.717) is 5.70 Å². The SMILES string of the molecule is CC(C)N(C(C)C)S(=O)(=O)N1C2=CCC(C(=O)O)=CC2=NC1N. The van der Waals surface area contributed by atoms with E-state index in [4.69, 9.17) is 10.8 Å². The molecule has 2 rings (SSSR count). The average Bonchev–Trinajstić information content (AvgIpc) is 2.72. The van der Waals surface area contributed by atoms with Crippen LogP contribution in [-0.4, -0.2) is 52.2 Å². The largest absolute Gasteiger partial charge is 0.478 e. The predicted molar refractivity (Wildman–Crippen MR) is 86.7 cm³/mol. The fraction of sp³-hybridized carbons (Fsp3) is 0.571. The van der Waals surface area contributed by atoms with Crippen molar-refractivity contribution < 1.29 is 18.3 Å². The Morgan fingerprint density at radius 2 is 1.96 bits per heavy atom. The van der Waals surface area contributed by atoms with Crippen molar-refractivity contribution in [3.8, 4) is 0 Å². The summed E-state index contributed by atoms with van der Waals surface area (Å²) >= 11 is 0. The molecule has 1 aliphatic carbocycles. The maximum Gasteiger partial charge on any atom is 0.331 e. The summed E-state index contributed by atoms with van der Waals surface area (Å²) in [6.07, 6.45) is 1.96. The van der Waals surface area contributed by atoms with Crippen LogP contribution in [0.1, 0.15) is 34.1 Å². The van der Waals surface area contributed by atoms with Gasteiger partial charge in [-0.05, 0) is 40.2 Å². The second-order valence-electron chi connectivity index (χ2n) is 6.02. The average molecular weight is 342 g/mol. The van der Waals surface area contributed by atoms with Gasteiger partial charge in [0.25, 0.3) is 0 Å². The minimum Gasteiger partial charge on any atom is -0.478 e. The highest BCUT2D eigenvalue weighted by atomic mass is 32.2. The Balaban J connectivity index is 2.42. The molecule has 1 heterocycles. The van der Waals surface area contributed by atoms with Crippen molar-refractivity contribution in [3.05, 3.63) is 23.4 Å². The number of nitrogens with zero attached hydrogens (tertiary/aromatic N) is 3. The lowest BCUT2D eigenvalue weighted by atomic mass is 10.0. The Labute approximate surface area is 136 Å². The Hall–Kier alpha value is -1.71. The summed E-state index contributed by atoms with van der Waals surface area (Å²) in [6.45, 7) is 7.16. The number of carbonyl (C=O) groups is 1. The highest BCUT2D eigenvalue weighted by Gasteiger charge is 2.42. The van der Waals surface area contributed by atoms with Crippen molar-refractivity contribution in [3.63, 3.8) is 0 Å². The summed E-state index contributed by atoms with van der Waals surface area (Å²) in [5.74, 6) is -1.05. The highest BCUT2D eigenvalue weighted by molar-refractivity contribution is 7.87. The van der Waals surface area contributed by atoms with Gasteiger partial charge in [-0.25, -0.2) is 14.1 Å². The third kappa shape index (κ3) is 3.04. The van der Waals surface area contributed by atoms with Gasteiger partial charge in [0.2, 0.25) is 0 Å². The molecule has 23 heavy (non-hydrogen) atoms. The molecule has 1 unspecified atom stereocenters. The van der Waals surface area contributed by atoms with E-state index in [1.807, 2.05) is 0 Å². The topological polar surface area (TPSA) is 116 Å². The van der Waals surface area contributed by atoms with Gasteiger partial charge in [0.05, 0.1) is 11.4 Å². The number of aliphatic carboxylic acids is 1. The Bertz CT molecular complexity index is 698. The van der Waals surface area contributed by atoms with Crippen LogP contribution in [0.15, 0.2) is 28.4 Å². The molecule has 0 radical (unpaired) electrons. The van der Waals surface area contributed by atoms with E-state index in [-0.39, 0.29) is 29.8 Å². The Kier molecular flexibility index (Phi) is 4.65. The van der Waals surface area contributed by atoms with E-state index in [1.54, 1.807) is 33.8 Å². The van der Waals surface area contributed by atoms with Crippen LogP contribution in [-0.2, 0) is 15.0 Å². The van der Waals surface area contributed by atoms with E-state index < -0.39 is 22.5 Å². The minimum atomic E-state index is -3.87. The molecule has 0 saturated heterocycles. The second kappa shape index (κ2) is 6.06. The molecule has 0 saturated carbocycles. The molecule has 1 atom stereocenters. The summed E-state index contributed by atoms with van der Waals surface area (Å²) in [5.41, 5.74) is 6.69. The molecule has 128 valence electrons. The maximum absolute atomic E-state index is 13.0. The number of hydrogen-bond acceptors (Lipinski definition) is 5. The molecule has 3 N–H and O–H groups in total. The van der Waals surface area contributed by atoms with E-state index in [2.05, 4.69) is 4.99 Å². The third-order valence-electron chi connectivity index (χ3n) is 3.65. The van der Waals surface area contributed by atoms with E-state index in [9.17, 15) is 13.2 Å². The van der Waals surface area contributed by atoms with Crippen LogP contribution in [0.2, 0.25) is 0 Å². The van der Waals surface area contributed by atoms with Crippen LogP contribution >= 0.6 is 0 Å². The first kappa shape index (κ1) is 17.6. The van der Waals surface area contributed by atoms with Crippen molar-refractivity contribution in [2.45, 2.75) is 52.5 Å². The van der Waals surface area contributed by atoms with Gasteiger partial charge < -0.3 is 5.11 Å². The first-order valence-corrected chi connectivity index (χ1v) is 8.77. The van der Waals surface area contributed by atoms with Crippen LogP contribution in [0.25, 0.3) is 0 Å². The van der Waals surface area contributed by atoms with Crippen LogP contribution in [0.4, 0.5) is 0 Å². The Morgan fingerprint density at radius 1 is 1.39 bits per heavy atom. The van der Waals surface area contributed by atoms with Crippen molar-refractivity contribution in [2.75, 3.05) is 0 Å². The fourth-order valence-corrected chi connectivity index (χ4v) is 4.90. The molecule has 0 fully saturated rings. The lowest BCUT2D eigenvalue weighted by molar-refractivity contribution is -0.132. The Morgan fingerprint density at radius 3 is 2.43 bits per heavy atom. The van der Waals surface area contributed by atoms with E-state index >= 15 is 0 Å². The number of carboxylic acid groups (broad SMARTS) is 1. The number of nitrogens with two attached hydrogens (primary N) is 1. The number of carboxylic acids is 1. The van der Waals surface area contributed by atoms with Gasteiger partial charge >= 0.3 is 16.2 Å².